The third kappa shape index (κ3) is 4.87. The fourth-order valence-corrected chi connectivity index (χ4v) is 1.63. The smallest absolute Gasteiger partial charge is 0.347 e. The van der Waals surface area contributed by atoms with Gasteiger partial charge in [0.05, 0.1) is 12.3 Å². The predicted molar refractivity (Wildman–Crippen MR) is 76.2 cm³/mol. The summed E-state index contributed by atoms with van der Waals surface area (Å²) in [5, 5.41) is -0.574. The first-order valence-electron chi connectivity index (χ1n) is 6.09. The van der Waals surface area contributed by atoms with E-state index in [1.807, 2.05) is 6.92 Å². The van der Waals surface area contributed by atoms with Crippen LogP contribution in [-0.4, -0.2) is 36.9 Å². The van der Waals surface area contributed by atoms with Gasteiger partial charge in [-0.05, 0) is 13.8 Å². The first-order valence-corrected chi connectivity index (χ1v) is 6.85. The zero-order valence-electron chi connectivity index (χ0n) is 11.5. The van der Waals surface area contributed by atoms with E-state index >= 15 is 0 Å². The molecule has 2 N–H and O–H groups in total. The van der Waals surface area contributed by atoms with Crippen molar-refractivity contribution in [1.82, 2.24) is 4.98 Å². The molecule has 1 aromatic heterocycles. The van der Waals surface area contributed by atoms with Crippen LogP contribution in [0.3, 0.4) is 0 Å². The summed E-state index contributed by atoms with van der Waals surface area (Å²) in [7, 11) is 0. The second-order valence-electron chi connectivity index (χ2n) is 3.87. The molecule has 0 amide bonds. The summed E-state index contributed by atoms with van der Waals surface area (Å²) in [5.41, 5.74) is 5.28. The van der Waals surface area contributed by atoms with Crippen molar-refractivity contribution in [2.24, 2.45) is 0 Å². The molecular formula is C12H15Cl2FN2O4. The van der Waals surface area contributed by atoms with Crippen molar-refractivity contribution in [2.45, 2.75) is 20.0 Å². The predicted octanol–water partition coefficient (Wildman–Crippen LogP) is 2.46. The van der Waals surface area contributed by atoms with Crippen molar-refractivity contribution in [3.05, 3.63) is 16.0 Å². The Labute approximate surface area is 131 Å². The number of aromatic nitrogens is 1. The number of ether oxygens (including phenoxy) is 3. The Morgan fingerprint density at radius 2 is 2.05 bits per heavy atom. The van der Waals surface area contributed by atoms with Gasteiger partial charge >= 0.3 is 5.97 Å². The maximum Gasteiger partial charge on any atom is 0.347 e. The lowest BCUT2D eigenvalue weighted by molar-refractivity contribution is -0.152. The molecule has 0 fully saturated rings. The highest BCUT2D eigenvalue weighted by molar-refractivity contribution is 6.39. The summed E-state index contributed by atoms with van der Waals surface area (Å²) >= 11 is 11.4. The molecule has 6 nitrogen and oxygen atoms in total. The van der Waals surface area contributed by atoms with Crippen LogP contribution in [0.15, 0.2) is 0 Å². The minimum atomic E-state index is -1.04. The fraction of sp³-hybridized carbons (Fsp3) is 0.500. The van der Waals surface area contributed by atoms with E-state index < -0.39 is 23.0 Å². The largest absolute Gasteiger partial charge is 0.461 e. The number of carbonyl (C=O) groups excluding carboxylic acids is 1. The van der Waals surface area contributed by atoms with E-state index in [1.165, 1.54) is 6.92 Å². The molecule has 21 heavy (non-hydrogen) atoms. The Morgan fingerprint density at radius 1 is 1.38 bits per heavy atom. The third-order valence-corrected chi connectivity index (χ3v) is 3.06. The lowest BCUT2D eigenvalue weighted by atomic mass is 10.4. The van der Waals surface area contributed by atoms with E-state index in [9.17, 15) is 9.18 Å². The normalized spacial score (nSPS) is 12.0. The summed E-state index contributed by atoms with van der Waals surface area (Å²) in [6.45, 7) is 4.10. The van der Waals surface area contributed by atoms with Crippen molar-refractivity contribution in [1.29, 1.82) is 0 Å². The van der Waals surface area contributed by atoms with Gasteiger partial charge < -0.3 is 19.9 Å². The van der Waals surface area contributed by atoms with Crippen LogP contribution in [0.4, 0.5) is 10.1 Å². The van der Waals surface area contributed by atoms with Gasteiger partial charge in [-0.3, -0.25) is 0 Å². The third-order valence-electron chi connectivity index (χ3n) is 2.34. The van der Waals surface area contributed by atoms with Crippen LogP contribution in [0.25, 0.3) is 0 Å². The standard InChI is InChI=1S/C12H15Cl2FN2O4/c1-3-19-4-5-20-12(18)6(2)21-11-8(14)9(16)7(13)10(15)17-11/h6H,3-5H2,1-2H3,(H2,16,17)/t6-/m1/s1. The van der Waals surface area contributed by atoms with Crippen LogP contribution in [0.2, 0.25) is 10.0 Å². The average molecular weight is 341 g/mol. The van der Waals surface area contributed by atoms with E-state index in [0.29, 0.717) is 6.61 Å². The zero-order valence-corrected chi connectivity index (χ0v) is 13.0. The van der Waals surface area contributed by atoms with Gasteiger partial charge in [-0.1, -0.05) is 23.2 Å². The second kappa shape index (κ2) is 8.21. The molecule has 0 aliphatic heterocycles. The number of esters is 1. The van der Waals surface area contributed by atoms with Crippen molar-refractivity contribution >= 4 is 34.9 Å². The fourth-order valence-electron chi connectivity index (χ4n) is 1.27. The molecule has 0 aromatic carbocycles. The van der Waals surface area contributed by atoms with Crippen LogP contribution in [-0.2, 0) is 14.3 Å². The molecule has 0 spiro atoms. The Bertz CT molecular complexity index is 517. The highest BCUT2D eigenvalue weighted by Crippen LogP contribution is 2.35. The molecule has 0 radical (unpaired) electrons. The van der Waals surface area contributed by atoms with Crippen LogP contribution >= 0.6 is 23.2 Å². The molecule has 1 rings (SSSR count). The molecule has 0 aliphatic carbocycles. The van der Waals surface area contributed by atoms with Crippen LogP contribution < -0.4 is 10.5 Å². The zero-order chi connectivity index (χ0) is 16.0. The summed E-state index contributed by atoms with van der Waals surface area (Å²) in [4.78, 5) is 15.0. The number of carbonyl (C=O) groups is 1. The average Bonchev–Trinajstić information content (AvgIpc) is 2.46. The molecule has 118 valence electrons. The van der Waals surface area contributed by atoms with Crippen LogP contribution in [0.1, 0.15) is 13.8 Å². The van der Waals surface area contributed by atoms with Gasteiger partial charge in [0.15, 0.2) is 6.10 Å². The Hall–Kier alpha value is -1.31. The van der Waals surface area contributed by atoms with E-state index in [-0.39, 0.29) is 29.8 Å². The Balaban J connectivity index is 2.66. The number of hydrogen-bond acceptors (Lipinski definition) is 6. The monoisotopic (exact) mass is 340 g/mol. The lowest BCUT2D eigenvalue weighted by Crippen LogP contribution is -2.28. The van der Waals surface area contributed by atoms with Crippen molar-refractivity contribution < 1.29 is 23.4 Å². The number of nitrogens with zero attached hydrogens (tertiary/aromatic N) is 1. The molecule has 1 heterocycles. The number of rotatable bonds is 7. The van der Waals surface area contributed by atoms with Gasteiger partial charge in [0.2, 0.25) is 11.8 Å². The van der Waals surface area contributed by atoms with E-state index in [0.717, 1.165) is 0 Å². The summed E-state index contributed by atoms with van der Waals surface area (Å²) in [6, 6.07) is 0. The molecule has 0 aliphatic rings. The van der Waals surface area contributed by atoms with Gasteiger partial charge in [0.25, 0.3) is 0 Å². The maximum absolute atomic E-state index is 13.4. The number of nitrogens with two attached hydrogens (primary N) is 1. The van der Waals surface area contributed by atoms with Crippen LogP contribution in [0.5, 0.6) is 5.88 Å². The second-order valence-corrected chi connectivity index (χ2v) is 4.63. The minimum Gasteiger partial charge on any atom is -0.461 e. The molecule has 0 unspecified atom stereocenters. The topological polar surface area (TPSA) is 83.7 Å². The van der Waals surface area contributed by atoms with Gasteiger partial charge in [0.1, 0.15) is 16.7 Å². The van der Waals surface area contributed by atoms with E-state index in [4.69, 9.17) is 43.1 Å². The Kier molecular flexibility index (Phi) is 6.94. The lowest BCUT2D eigenvalue weighted by Gasteiger charge is -2.15. The van der Waals surface area contributed by atoms with Crippen molar-refractivity contribution in [3.63, 3.8) is 0 Å². The quantitative estimate of drug-likeness (QED) is 0.466. The van der Waals surface area contributed by atoms with Crippen molar-refractivity contribution in [2.75, 3.05) is 25.6 Å². The van der Waals surface area contributed by atoms with Gasteiger partial charge in [-0.25, -0.2) is 4.79 Å². The van der Waals surface area contributed by atoms with Gasteiger partial charge in [0, 0.05) is 6.61 Å². The molecule has 0 bridgehead atoms. The van der Waals surface area contributed by atoms with E-state index in [2.05, 4.69) is 4.98 Å². The highest BCUT2D eigenvalue weighted by atomic mass is 35.5. The number of anilines is 1. The molecule has 0 saturated carbocycles. The molecular weight excluding hydrogens is 326 g/mol. The maximum atomic E-state index is 13.4. The van der Waals surface area contributed by atoms with E-state index in [1.54, 1.807) is 0 Å². The SMILES string of the molecule is CCOCCOC(=O)[C@@H](C)Oc1nc(F)c(Cl)c(N)c1Cl. The molecule has 0 saturated heterocycles. The number of hydrogen-bond donors (Lipinski definition) is 1. The minimum absolute atomic E-state index is 0.0820. The Morgan fingerprint density at radius 3 is 2.67 bits per heavy atom. The van der Waals surface area contributed by atoms with Crippen molar-refractivity contribution in [3.8, 4) is 5.88 Å². The molecule has 9 heteroatoms. The first kappa shape index (κ1) is 17.7. The summed E-state index contributed by atoms with van der Waals surface area (Å²) in [6.07, 6.45) is -1.04. The highest BCUT2D eigenvalue weighted by Gasteiger charge is 2.22. The molecule has 1 aromatic rings. The number of halogens is 3. The number of nitrogen functional groups attached to an aromatic ring is 1. The van der Waals surface area contributed by atoms with Crippen LogP contribution in [0, 0.1) is 5.95 Å². The number of pyridine rings is 1. The molecule has 1 atom stereocenters. The van der Waals surface area contributed by atoms with Gasteiger partial charge in [-0.15, -0.1) is 0 Å². The summed E-state index contributed by atoms with van der Waals surface area (Å²) in [5.74, 6) is -2.03. The van der Waals surface area contributed by atoms with Gasteiger partial charge in [-0.2, -0.15) is 9.37 Å². The first-order chi connectivity index (χ1) is 9.88. The summed E-state index contributed by atoms with van der Waals surface area (Å²) < 4.78 is 28.4.